The Hall–Kier alpha value is -1.12. The smallest absolute Gasteiger partial charge is 0.342 e. The molecule has 3 nitrogen and oxygen atoms in total. The van der Waals surface area contributed by atoms with Crippen LogP contribution in [0.1, 0.15) is 19.3 Å². The Labute approximate surface area is 69.4 Å². The molecular weight excluding hydrogens is 156 g/mol. The molecule has 62 valence electrons. The molecule has 1 fully saturated rings. The van der Waals surface area contributed by atoms with Gasteiger partial charge in [0.05, 0.1) is 11.1 Å². The van der Waals surface area contributed by atoms with Gasteiger partial charge in [-0.3, -0.25) is 0 Å². The number of carbonyl (C=O) groups is 2. The molecule has 0 aromatic heterocycles. The van der Waals surface area contributed by atoms with Gasteiger partial charge in [-0.2, -0.15) is 0 Å². The quantitative estimate of drug-likeness (QED) is 0.393. The maximum Gasteiger partial charge on any atom is 0.342 e. The highest BCUT2D eigenvalue weighted by molar-refractivity contribution is 6.13. The molecule has 0 aromatic rings. The minimum Gasteiger partial charge on any atom is -0.386 e. The molecule has 2 bridgehead atoms. The molecular formula is C9H8O3. The van der Waals surface area contributed by atoms with Crippen LogP contribution in [0.4, 0.5) is 0 Å². The fraction of sp³-hybridized carbons (Fsp3) is 0.556. The van der Waals surface area contributed by atoms with Crippen molar-refractivity contribution in [3.8, 4) is 0 Å². The van der Waals surface area contributed by atoms with E-state index in [-0.39, 0.29) is 11.9 Å². The van der Waals surface area contributed by atoms with E-state index in [0.29, 0.717) is 23.0 Å². The van der Waals surface area contributed by atoms with Gasteiger partial charge in [-0.05, 0) is 31.1 Å². The van der Waals surface area contributed by atoms with Crippen LogP contribution < -0.4 is 0 Å². The summed E-state index contributed by atoms with van der Waals surface area (Å²) in [6.45, 7) is 0. The van der Waals surface area contributed by atoms with Crippen LogP contribution in [-0.2, 0) is 14.3 Å². The van der Waals surface area contributed by atoms with Crippen LogP contribution in [0.25, 0.3) is 0 Å². The molecule has 3 aliphatic rings. The fourth-order valence-corrected chi connectivity index (χ4v) is 2.69. The van der Waals surface area contributed by atoms with Crippen molar-refractivity contribution < 1.29 is 14.3 Å². The van der Waals surface area contributed by atoms with E-state index in [2.05, 4.69) is 4.74 Å². The van der Waals surface area contributed by atoms with Gasteiger partial charge in [-0.1, -0.05) is 0 Å². The van der Waals surface area contributed by atoms with Crippen molar-refractivity contribution in [2.45, 2.75) is 19.3 Å². The Morgan fingerprint density at radius 1 is 1.00 bits per heavy atom. The van der Waals surface area contributed by atoms with Crippen molar-refractivity contribution in [2.24, 2.45) is 11.8 Å². The van der Waals surface area contributed by atoms with E-state index < -0.39 is 0 Å². The van der Waals surface area contributed by atoms with Gasteiger partial charge in [0.2, 0.25) is 0 Å². The van der Waals surface area contributed by atoms with Crippen LogP contribution in [0, 0.1) is 11.8 Å². The predicted molar refractivity (Wildman–Crippen MR) is 39.0 cm³/mol. The maximum atomic E-state index is 11.2. The average Bonchev–Trinajstić information content (AvgIpc) is 2.64. The highest BCUT2D eigenvalue weighted by Crippen LogP contribution is 2.51. The molecule has 0 N–H and O–H groups in total. The van der Waals surface area contributed by atoms with E-state index >= 15 is 0 Å². The number of carbonyl (C=O) groups excluding carboxylic acids is 2. The van der Waals surface area contributed by atoms with E-state index in [1.807, 2.05) is 0 Å². The first-order valence-electron chi connectivity index (χ1n) is 4.28. The molecule has 12 heavy (non-hydrogen) atoms. The minimum atomic E-state index is -0.373. The molecule has 3 rings (SSSR count). The largest absolute Gasteiger partial charge is 0.386 e. The third kappa shape index (κ3) is 0.543. The number of cyclic esters (lactones) is 2. The van der Waals surface area contributed by atoms with E-state index in [4.69, 9.17) is 0 Å². The molecule has 0 radical (unpaired) electrons. The standard InChI is InChI=1S/C9H8O3/c10-8-6-4-1-2-5(3-4)7(6)9(11)12-8/h4-5H,1-3H2. The van der Waals surface area contributed by atoms with Gasteiger partial charge in [-0.15, -0.1) is 0 Å². The fourth-order valence-electron chi connectivity index (χ4n) is 2.69. The first kappa shape index (κ1) is 6.40. The minimum absolute atomic E-state index is 0.337. The van der Waals surface area contributed by atoms with Gasteiger partial charge in [0.1, 0.15) is 0 Å². The normalized spacial score (nSPS) is 37.7. The van der Waals surface area contributed by atoms with E-state index in [0.717, 1.165) is 19.3 Å². The number of hydrogen-bond donors (Lipinski definition) is 0. The van der Waals surface area contributed by atoms with Crippen molar-refractivity contribution in [1.82, 2.24) is 0 Å². The molecule has 1 heterocycles. The molecule has 2 atom stereocenters. The van der Waals surface area contributed by atoms with E-state index in [9.17, 15) is 9.59 Å². The third-order valence-electron chi connectivity index (χ3n) is 3.16. The summed E-state index contributed by atoms with van der Waals surface area (Å²) >= 11 is 0. The molecule has 2 unspecified atom stereocenters. The Bertz CT molecular complexity index is 297. The van der Waals surface area contributed by atoms with Gasteiger partial charge >= 0.3 is 11.9 Å². The first-order chi connectivity index (χ1) is 5.77. The second-order valence-electron chi connectivity index (χ2n) is 3.71. The highest BCUT2D eigenvalue weighted by atomic mass is 16.6. The molecule has 0 aromatic carbocycles. The monoisotopic (exact) mass is 164 g/mol. The average molecular weight is 164 g/mol. The Kier molecular flexibility index (Phi) is 0.953. The summed E-state index contributed by atoms with van der Waals surface area (Å²) in [5, 5.41) is 0. The highest BCUT2D eigenvalue weighted by Gasteiger charge is 2.50. The summed E-state index contributed by atoms with van der Waals surface area (Å²) in [7, 11) is 0. The zero-order chi connectivity index (χ0) is 8.29. The van der Waals surface area contributed by atoms with E-state index in [1.165, 1.54) is 0 Å². The van der Waals surface area contributed by atoms with Gasteiger partial charge in [0.25, 0.3) is 0 Å². The number of rotatable bonds is 0. The first-order valence-corrected chi connectivity index (χ1v) is 4.28. The summed E-state index contributed by atoms with van der Waals surface area (Å²) < 4.78 is 4.56. The van der Waals surface area contributed by atoms with Crippen LogP contribution in [0.5, 0.6) is 0 Å². The van der Waals surface area contributed by atoms with Crippen molar-refractivity contribution >= 4 is 11.9 Å². The van der Waals surface area contributed by atoms with Crippen molar-refractivity contribution in [2.75, 3.05) is 0 Å². The maximum absolute atomic E-state index is 11.2. The second kappa shape index (κ2) is 1.79. The summed E-state index contributed by atoms with van der Waals surface area (Å²) in [5.74, 6) is -0.0719. The topological polar surface area (TPSA) is 43.4 Å². The van der Waals surface area contributed by atoms with E-state index in [1.54, 1.807) is 0 Å². The summed E-state index contributed by atoms with van der Waals surface area (Å²) in [6, 6.07) is 0. The Morgan fingerprint density at radius 3 is 2.00 bits per heavy atom. The van der Waals surface area contributed by atoms with Crippen LogP contribution in [0.2, 0.25) is 0 Å². The number of ether oxygens (including phenoxy) is 1. The van der Waals surface area contributed by atoms with Crippen molar-refractivity contribution in [3.63, 3.8) is 0 Å². The van der Waals surface area contributed by atoms with Crippen LogP contribution in [-0.4, -0.2) is 11.9 Å². The molecule has 1 aliphatic heterocycles. The molecule has 0 saturated heterocycles. The Morgan fingerprint density at radius 2 is 1.50 bits per heavy atom. The molecule has 0 amide bonds. The van der Waals surface area contributed by atoms with Gasteiger partial charge in [0, 0.05) is 0 Å². The zero-order valence-corrected chi connectivity index (χ0v) is 6.50. The molecule has 2 aliphatic carbocycles. The van der Waals surface area contributed by atoms with Crippen LogP contribution in [0.3, 0.4) is 0 Å². The summed E-state index contributed by atoms with van der Waals surface area (Å²) in [6.07, 6.45) is 3.13. The van der Waals surface area contributed by atoms with Gasteiger partial charge in [-0.25, -0.2) is 9.59 Å². The zero-order valence-electron chi connectivity index (χ0n) is 6.50. The van der Waals surface area contributed by atoms with Crippen molar-refractivity contribution in [1.29, 1.82) is 0 Å². The van der Waals surface area contributed by atoms with Gasteiger partial charge in [0.15, 0.2) is 0 Å². The number of esters is 2. The molecule has 3 heteroatoms. The summed E-state index contributed by atoms with van der Waals surface area (Å²) in [4.78, 5) is 22.3. The predicted octanol–water partition coefficient (Wildman–Crippen LogP) is 0.796. The van der Waals surface area contributed by atoms with Crippen LogP contribution in [0.15, 0.2) is 11.1 Å². The number of fused-ring (bicyclic) bond motifs is 4. The lowest BCUT2D eigenvalue weighted by Gasteiger charge is -2.06. The van der Waals surface area contributed by atoms with Crippen LogP contribution >= 0.6 is 0 Å². The van der Waals surface area contributed by atoms with Gasteiger partial charge < -0.3 is 4.74 Å². The van der Waals surface area contributed by atoms with Crippen molar-refractivity contribution in [3.05, 3.63) is 11.1 Å². The lowest BCUT2D eigenvalue weighted by atomic mass is 9.93. The second-order valence-corrected chi connectivity index (χ2v) is 3.71. The SMILES string of the molecule is O=C1OC(=O)C2=C1C1CCC2C1. The number of hydrogen-bond acceptors (Lipinski definition) is 3. The lowest BCUT2D eigenvalue weighted by molar-refractivity contribution is -0.151. The third-order valence-corrected chi connectivity index (χ3v) is 3.16. The lowest BCUT2D eigenvalue weighted by Crippen LogP contribution is -2.08. The molecule has 1 saturated carbocycles. The Balaban J connectivity index is 2.18. The summed E-state index contributed by atoms with van der Waals surface area (Å²) in [5.41, 5.74) is 1.41. The molecule has 0 spiro atoms.